The molecule has 1 rings (SSSR count). The molecule has 0 aromatic carbocycles. The van der Waals surface area contributed by atoms with E-state index in [1.54, 1.807) is 11.3 Å². The minimum Gasteiger partial charge on any atom is -0.325 e. The van der Waals surface area contributed by atoms with Crippen LogP contribution < -0.4 is 5.73 Å². The van der Waals surface area contributed by atoms with Gasteiger partial charge in [0.1, 0.15) is 5.01 Å². The van der Waals surface area contributed by atoms with Crippen molar-refractivity contribution in [1.29, 1.82) is 0 Å². The Morgan fingerprint density at radius 3 is 2.70 bits per heavy atom. The average molecular weight is 199 g/mol. The van der Waals surface area contributed by atoms with Crippen LogP contribution in [0.15, 0.2) is 5.38 Å². The van der Waals surface area contributed by atoms with Crippen molar-refractivity contribution in [2.45, 2.75) is 12.4 Å². The lowest BCUT2D eigenvalue weighted by molar-refractivity contribution is 1.02. The topological polar surface area (TPSA) is 38.9 Å². The molecule has 1 aromatic heterocycles. The Hall–Kier alpha value is 0.170. The van der Waals surface area contributed by atoms with Gasteiger partial charge in [-0.05, 0) is 0 Å². The summed E-state index contributed by atoms with van der Waals surface area (Å²) in [5.41, 5.74) is 6.24. The van der Waals surface area contributed by atoms with E-state index in [9.17, 15) is 0 Å². The zero-order valence-electron chi connectivity index (χ0n) is 5.21. The summed E-state index contributed by atoms with van der Waals surface area (Å²) in [7, 11) is 0. The molecule has 0 aliphatic heterocycles. The van der Waals surface area contributed by atoms with E-state index in [4.69, 9.17) is 17.3 Å². The summed E-state index contributed by atoms with van der Waals surface area (Å²) in [4.78, 5) is 4.11. The Morgan fingerprint density at radius 1 is 1.70 bits per heavy atom. The van der Waals surface area contributed by atoms with Gasteiger partial charge in [-0.3, -0.25) is 0 Å². The van der Waals surface area contributed by atoms with Crippen LogP contribution in [0.4, 0.5) is 0 Å². The Bertz CT molecular complexity index is 171. The van der Waals surface area contributed by atoms with Crippen LogP contribution >= 0.6 is 35.3 Å². The van der Waals surface area contributed by atoms with Gasteiger partial charge in [0.2, 0.25) is 0 Å². The molecule has 0 fully saturated rings. The van der Waals surface area contributed by atoms with Crippen molar-refractivity contribution in [3.8, 4) is 0 Å². The highest BCUT2D eigenvalue weighted by molar-refractivity contribution is 7.09. The number of aromatic nitrogens is 1. The molecule has 0 aliphatic carbocycles. The number of thiazole rings is 1. The van der Waals surface area contributed by atoms with Gasteiger partial charge < -0.3 is 5.73 Å². The first-order chi connectivity index (χ1) is 4.36. The predicted molar refractivity (Wildman–Crippen MR) is 46.8 cm³/mol. The summed E-state index contributed by atoms with van der Waals surface area (Å²) >= 11 is 7.05. The van der Waals surface area contributed by atoms with E-state index < -0.39 is 0 Å². The first-order valence-corrected chi connectivity index (χ1v) is 3.97. The molecule has 0 unspecified atom stereocenters. The molecule has 2 N–H and O–H groups in total. The molecule has 0 radical (unpaired) electrons. The number of hydrogen-bond acceptors (Lipinski definition) is 3. The molecule has 0 atom stereocenters. The number of halogens is 2. The van der Waals surface area contributed by atoms with Crippen molar-refractivity contribution in [3.05, 3.63) is 16.1 Å². The van der Waals surface area contributed by atoms with Gasteiger partial charge in [-0.2, -0.15) is 0 Å². The summed E-state index contributed by atoms with van der Waals surface area (Å²) < 4.78 is 0. The van der Waals surface area contributed by atoms with E-state index >= 15 is 0 Å². The summed E-state index contributed by atoms with van der Waals surface area (Å²) in [6.45, 7) is 0.515. The lowest BCUT2D eigenvalue weighted by Crippen LogP contribution is -1.94. The van der Waals surface area contributed by atoms with Crippen LogP contribution in [0.5, 0.6) is 0 Å². The highest BCUT2D eigenvalue weighted by Crippen LogP contribution is 2.09. The quantitative estimate of drug-likeness (QED) is 0.737. The number of nitrogens with zero attached hydrogens (tertiary/aromatic N) is 1. The summed E-state index contributed by atoms with van der Waals surface area (Å²) in [6.07, 6.45) is 0. The minimum atomic E-state index is 0. The number of nitrogens with two attached hydrogens (primary N) is 1. The lowest BCUT2D eigenvalue weighted by Gasteiger charge is -1.82. The van der Waals surface area contributed by atoms with Crippen molar-refractivity contribution in [2.75, 3.05) is 0 Å². The summed E-state index contributed by atoms with van der Waals surface area (Å²) in [5, 5.41) is 2.88. The fourth-order valence-corrected chi connectivity index (χ4v) is 1.41. The van der Waals surface area contributed by atoms with Crippen LogP contribution in [-0.4, -0.2) is 4.98 Å². The molecule has 0 bridgehead atoms. The smallest absolute Gasteiger partial charge is 0.106 e. The zero-order chi connectivity index (χ0) is 6.69. The van der Waals surface area contributed by atoms with E-state index in [-0.39, 0.29) is 12.4 Å². The molecule has 0 amide bonds. The third kappa shape index (κ3) is 2.42. The van der Waals surface area contributed by atoms with E-state index in [1.807, 2.05) is 5.38 Å². The largest absolute Gasteiger partial charge is 0.325 e. The third-order valence-corrected chi connectivity index (χ3v) is 2.10. The Kier molecular flexibility index (Phi) is 4.99. The fraction of sp³-hybridized carbons (Fsp3) is 0.400. The van der Waals surface area contributed by atoms with E-state index in [1.165, 1.54) is 0 Å². The van der Waals surface area contributed by atoms with E-state index in [0.717, 1.165) is 10.7 Å². The predicted octanol–water partition coefficient (Wildman–Crippen LogP) is 1.76. The van der Waals surface area contributed by atoms with Crippen molar-refractivity contribution < 1.29 is 0 Å². The number of alkyl halides is 1. The fourth-order valence-electron chi connectivity index (χ4n) is 0.504. The molecule has 0 aliphatic rings. The molecule has 0 spiro atoms. The zero-order valence-corrected chi connectivity index (χ0v) is 7.60. The van der Waals surface area contributed by atoms with Crippen LogP contribution in [0, 0.1) is 0 Å². The standard InChI is InChI=1S/C5H7ClN2S.ClH/c6-1-4-3-9-5(2-7)8-4;/h3H,1-2,7H2;1H. The number of hydrogen-bond donors (Lipinski definition) is 1. The molecule has 2 nitrogen and oxygen atoms in total. The minimum absolute atomic E-state index is 0. The second kappa shape index (κ2) is 4.91. The van der Waals surface area contributed by atoms with Crippen LogP contribution in [0.25, 0.3) is 0 Å². The first-order valence-electron chi connectivity index (χ1n) is 2.56. The molecule has 1 aromatic rings. The van der Waals surface area contributed by atoms with Gasteiger partial charge in [0.15, 0.2) is 0 Å². The maximum Gasteiger partial charge on any atom is 0.106 e. The summed E-state index contributed by atoms with van der Waals surface area (Å²) in [5.74, 6) is 0.483. The van der Waals surface area contributed by atoms with Crippen molar-refractivity contribution >= 4 is 35.3 Å². The Morgan fingerprint density at radius 2 is 2.40 bits per heavy atom. The van der Waals surface area contributed by atoms with Gasteiger partial charge in [-0.15, -0.1) is 35.3 Å². The van der Waals surface area contributed by atoms with Crippen LogP contribution in [0.1, 0.15) is 10.7 Å². The van der Waals surface area contributed by atoms with E-state index in [2.05, 4.69) is 4.98 Å². The molecule has 0 saturated carbocycles. The van der Waals surface area contributed by atoms with Gasteiger partial charge in [0, 0.05) is 11.9 Å². The van der Waals surface area contributed by atoms with Crippen LogP contribution in [-0.2, 0) is 12.4 Å². The lowest BCUT2D eigenvalue weighted by atomic mass is 10.6. The molecular weight excluding hydrogens is 191 g/mol. The summed E-state index contributed by atoms with van der Waals surface area (Å²) in [6, 6.07) is 0. The van der Waals surface area contributed by atoms with Crippen molar-refractivity contribution in [1.82, 2.24) is 4.98 Å². The van der Waals surface area contributed by atoms with Gasteiger partial charge in [0.05, 0.1) is 11.6 Å². The van der Waals surface area contributed by atoms with Gasteiger partial charge >= 0.3 is 0 Å². The molecule has 58 valence electrons. The van der Waals surface area contributed by atoms with E-state index in [0.29, 0.717) is 12.4 Å². The average Bonchev–Trinajstić information content (AvgIpc) is 2.34. The highest BCUT2D eigenvalue weighted by Gasteiger charge is 1.96. The van der Waals surface area contributed by atoms with Gasteiger partial charge in [-0.1, -0.05) is 0 Å². The Labute approximate surface area is 74.8 Å². The van der Waals surface area contributed by atoms with Gasteiger partial charge in [-0.25, -0.2) is 4.98 Å². The molecule has 0 saturated heterocycles. The van der Waals surface area contributed by atoms with Crippen molar-refractivity contribution in [2.24, 2.45) is 5.73 Å². The molecule has 5 heteroatoms. The highest BCUT2D eigenvalue weighted by atomic mass is 35.5. The maximum atomic E-state index is 5.50. The first kappa shape index (κ1) is 10.2. The molecule has 1 heterocycles. The van der Waals surface area contributed by atoms with Crippen LogP contribution in [0.2, 0.25) is 0 Å². The maximum absolute atomic E-state index is 5.50. The molecule has 10 heavy (non-hydrogen) atoms. The number of rotatable bonds is 2. The monoisotopic (exact) mass is 198 g/mol. The van der Waals surface area contributed by atoms with Crippen molar-refractivity contribution in [3.63, 3.8) is 0 Å². The van der Waals surface area contributed by atoms with Gasteiger partial charge in [0.25, 0.3) is 0 Å². The third-order valence-electron chi connectivity index (χ3n) is 0.911. The normalized spacial score (nSPS) is 9.00. The Balaban J connectivity index is 0.000000810. The second-order valence-electron chi connectivity index (χ2n) is 1.57. The second-order valence-corrected chi connectivity index (χ2v) is 2.78. The van der Waals surface area contributed by atoms with Crippen LogP contribution in [0.3, 0.4) is 0 Å². The SMILES string of the molecule is Cl.NCc1nc(CCl)cs1. The molecular formula is C5H8Cl2N2S.